The van der Waals surface area contributed by atoms with E-state index in [0.717, 1.165) is 19.1 Å². The van der Waals surface area contributed by atoms with Gasteiger partial charge in [0.05, 0.1) is 18.3 Å². The van der Waals surface area contributed by atoms with Gasteiger partial charge in [0.15, 0.2) is 0 Å². The summed E-state index contributed by atoms with van der Waals surface area (Å²) in [6, 6.07) is 0. The van der Waals surface area contributed by atoms with Gasteiger partial charge in [-0.3, -0.25) is 0 Å². The van der Waals surface area contributed by atoms with Crippen LogP contribution in [0.4, 0.5) is 0 Å². The van der Waals surface area contributed by atoms with Crippen molar-refractivity contribution >= 4 is 6.29 Å². The first-order valence-electron chi connectivity index (χ1n) is 6.68. The summed E-state index contributed by atoms with van der Waals surface area (Å²) in [5.41, 5.74) is -0.574. The van der Waals surface area contributed by atoms with E-state index in [4.69, 9.17) is 4.74 Å². The maximum atomic E-state index is 11.0. The lowest BCUT2D eigenvalue weighted by Crippen LogP contribution is -2.36. The summed E-state index contributed by atoms with van der Waals surface area (Å²) in [6.45, 7) is 14.4. The first kappa shape index (κ1) is 17.6. The van der Waals surface area contributed by atoms with Crippen LogP contribution in [0.3, 0.4) is 0 Å². The first-order chi connectivity index (χ1) is 7.89. The standard InChI is InChI=1S/C15H30O3/c1-12(17)8-18-15(6,7)10-13(2,3)9-14(4,5)11-16/h11-12,17H,8-10H2,1-7H3. The minimum atomic E-state index is -0.446. The second kappa shape index (κ2) is 6.16. The van der Waals surface area contributed by atoms with Crippen molar-refractivity contribution in [2.24, 2.45) is 10.8 Å². The normalized spacial score (nSPS) is 15.6. The zero-order chi connectivity index (χ0) is 14.6. The van der Waals surface area contributed by atoms with E-state index >= 15 is 0 Å². The maximum absolute atomic E-state index is 11.0. The van der Waals surface area contributed by atoms with Gasteiger partial charge in [-0.25, -0.2) is 0 Å². The van der Waals surface area contributed by atoms with E-state index in [1.54, 1.807) is 6.92 Å². The molecule has 0 aliphatic carbocycles. The Bertz CT molecular complexity index is 265. The van der Waals surface area contributed by atoms with Crippen molar-refractivity contribution in [1.82, 2.24) is 0 Å². The van der Waals surface area contributed by atoms with Crippen molar-refractivity contribution in [3.05, 3.63) is 0 Å². The lowest BCUT2D eigenvalue weighted by atomic mass is 9.71. The molecule has 0 saturated heterocycles. The molecule has 0 amide bonds. The van der Waals surface area contributed by atoms with Gasteiger partial charge in [-0.05, 0) is 39.0 Å². The SMILES string of the molecule is CC(O)COC(C)(C)CC(C)(C)CC(C)(C)C=O. The number of aliphatic hydroxyl groups excluding tert-OH is 1. The number of ether oxygens (including phenoxy) is 1. The molecular formula is C15H30O3. The van der Waals surface area contributed by atoms with E-state index in [1.807, 2.05) is 27.7 Å². The summed E-state index contributed by atoms with van der Waals surface area (Å²) in [7, 11) is 0. The van der Waals surface area contributed by atoms with E-state index in [0.29, 0.717) is 6.61 Å². The minimum absolute atomic E-state index is 0.0204. The molecule has 0 aromatic heterocycles. The molecule has 0 aliphatic rings. The Morgan fingerprint density at radius 3 is 2.00 bits per heavy atom. The van der Waals surface area contributed by atoms with E-state index < -0.39 is 6.10 Å². The van der Waals surface area contributed by atoms with Gasteiger partial charge in [0.2, 0.25) is 0 Å². The van der Waals surface area contributed by atoms with E-state index in [-0.39, 0.29) is 16.4 Å². The average molecular weight is 258 g/mol. The molecule has 1 unspecified atom stereocenters. The Balaban J connectivity index is 4.50. The molecule has 0 rings (SSSR count). The van der Waals surface area contributed by atoms with Crippen molar-refractivity contribution in [2.75, 3.05) is 6.61 Å². The molecule has 0 spiro atoms. The number of hydrogen-bond donors (Lipinski definition) is 1. The fourth-order valence-corrected chi connectivity index (χ4v) is 2.89. The summed E-state index contributed by atoms with van der Waals surface area (Å²) < 4.78 is 5.74. The second-order valence-corrected chi connectivity index (χ2v) is 7.54. The molecule has 0 radical (unpaired) electrons. The van der Waals surface area contributed by atoms with Crippen LogP contribution in [0.25, 0.3) is 0 Å². The zero-order valence-corrected chi connectivity index (χ0v) is 13.0. The molecule has 18 heavy (non-hydrogen) atoms. The van der Waals surface area contributed by atoms with Crippen LogP contribution in [0.1, 0.15) is 61.3 Å². The number of aldehydes is 1. The molecule has 0 aromatic rings. The van der Waals surface area contributed by atoms with Crippen LogP contribution in [0, 0.1) is 10.8 Å². The van der Waals surface area contributed by atoms with Gasteiger partial charge >= 0.3 is 0 Å². The van der Waals surface area contributed by atoms with Gasteiger partial charge in [0.25, 0.3) is 0 Å². The monoisotopic (exact) mass is 258 g/mol. The summed E-state index contributed by atoms with van der Waals surface area (Å²) in [6.07, 6.45) is 2.26. The topological polar surface area (TPSA) is 46.5 Å². The Hall–Kier alpha value is -0.410. The van der Waals surface area contributed by atoms with Crippen molar-refractivity contribution in [3.8, 4) is 0 Å². The quantitative estimate of drug-likeness (QED) is 0.680. The molecule has 1 atom stereocenters. The molecule has 3 nitrogen and oxygen atoms in total. The fraction of sp³-hybridized carbons (Fsp3) is 0.933. The average Bonchev–Trinajstić information content (AvgIpc) is 2.11. The van der Waals surface area contributed by atoms with Crippen LogP contribution in [0.2, 0.25) is 0 Å². The molecule has 0 heterocycles. The minimum Gasteiger partial charge on any atom is -0.391 e. The zero-order valence-electron chi connectivity index (χ0n) is 13.0. The highest BCUT2D eigenvalue weighted by atomic mass is 16.5. The van der Waals surface area contributed by atoms with Gasteiger partial charge < -0.3 is 14.6 Å². The van der Waals surface area contributed by atoms with Crippen LogP contribution in [-0.4, -0.2) is 29.7 Å². The Morgan fingerprint density at radius 2 is 1.61 bits per heavy atom. The predicted octanol–water partition coefficient (Wildman–Crippen LogP) is 3.19. The number of aliphatic hydroxyl groups is 1. The summed E-state index contributed by atoms with van der Waals surface area (Å²) in [5, 5.41) is 9.27. The van der Waals surface area contributed by atoms with E-state index in [9.17, 15) is 9.90 Å². The smallest absolute Gasteiger partial charge is 0.125 e. The van der Waals surface area contributed by atoms with Crippen molar-refractivity contribution in [1.29, 1.82) is 0 Å². The van der Waals surface area contributed by atoms with Crippen molar-refractivity contribution in [3.63, 3.8) is 0 Å². The summed E-state index contributed by atoms with van der Waals surface area (Å²) in [5.74, 6) is 0. The molecular weight excluding hydrogens is 228 g/mol. The van der Waals surface area contributed by atoms with Gasteiger partial charge in [0, 0.05) is 5.41 Å². The van der Waals surface area contributed by atoms with Crippen LogP contribution >= 0.6 is 0 Å². The van der Waals surface area contributed by atoms with Crippen molar-refractivity contribution < 1.29 is 14.6 Å². The second-order valence-electron chi connectivity index (χ2n) is 7.54. The number of carbonyl (C=O) groups is 1. The van der Waals surface area contributed by atoms with E-state index in [2.05, 4.69) is 13.8 Å². The third kappa shape index (κ3) is 7.83. The third-order valence-corrected chi connectivity index (χ3v) is 2.87. The molecule has 0 fully saturated rings. The van der Waals surface area contributed by atoms with Crippen molar-refractivity contribution in [2.45, 2.75) is 73.0 Å². The highest BCUT2D eigenvalue weighted by Gasteiger charge is 2.34. The van der Waals surface area contributed by atoms with Gasteiger partial charge in [-0.15, -0.1) is 0 Å². The lowest BCUT2D eigenvalue weighted by molar-refractivity contribution is -0.117. The summed E-state index contributed by atoms with van der Waals surface area (Å²) in [4.78, 5) is 11.0. The predicted molar refractivity (Wildman–Crippen MR) is 74.6 cm³/mol. The molecule has 3 heteroatoms. The molecule has 1 N–H and O–H groups in total. The third-order valence-electron chi connectivity index (χ3n) is 2.87. The highest BCUT2D eigenvalue weighted by Crippen LogP contribution is 2.39. The lowest BCUT2D eigenvalue weighted by Gasteiger charge is -2.38. The Labute approximate surface area is 112 Å². The van der Waals surface area contributed by atoms with Gasteiger partial charge in [-0.2, -0.15) is 0 Å². The van der Waals surface area contributed by atoms with Crippen LogP contribution in [-0.2, 0) is 9.53 Å². The molecule has 108 valence electrons. The van der Waals surface area contributed by atoms with Gasteiger partial charge in [-0.1, -0.05) is 27.7 Å². The van der Waals surface area contributed by atoms with Gasteiger partial charge in [0.1, 0.15) is 6.29 Å². The highest BCUT2D eigenvalue weighted by molar-refractivity contribution is 5.57. The molecule has 0 bridgehead atoms. The Kier molecular flexibility index (Phi) is 6.02. The maximum Gasteiger partial charge on any atom is 0.125 e. The molecule has 0 aliphatic heterocycles. The summed E-state index contributed by atoms with van der Waals surface area (Å²) >= 11 is 0. The molecule has 0 aromatic carbocycles. The Morgan fingerprint density at radius 1 is 1.11 bits per heavy atom. The molecule has 0 saturated carbocycles. The number of carbonyl (C=O) groups excluding carboxylic acids is 1. The fourth-order valence-electron chi connectivity index (χ4n) is 2.89. The van der Waals surface area contributed by atoms with Crippen LogP contribution in [0.5, 0.6) is 0 Å². The number of hydrogen-bond acceptors (Lipinski definition) is 3. The van der Waals surface area contributed by atoms with E-state index in [1.165, 1.54) is 0 Å². The van der Waals surface area contributed by atoms with Crippen LogP contribution in [0.15, 0.2) is 0 Å². The van der Waals surface area contributed by atoms with Crippen LogP contribution < -0.4 is 0 Å². The number of rotatable bonds is 8. The largest absolute Gasteiger partial charge is 0.391 e. The first-order valence-corrected chi connectivity index (χ1v) is 6.68.